The second-order valence-corrected chi connectivity index (χ2v) is 8.38. The molecule has 0 heterocycles. The molecule has 2 aliphatic carbocycles. The molecule has 0 saturated heterocycles. The number of hydrogen-bond acceptors (Lipinski definition) is 1. The van der Waals surface area contributed by atoms with Gasteiger partial charge in [0.15, 0.2) is 0 Å². The van der Waals surface area contributed by atoms with E-state index < -0.39 is 0 Å². The highest BCUT2D eigenvalue weighted by Crippen LogP contribution is 2.50. The van der Waals surface area contributed by atoms with Gasteiger partial charge in [0, 0.05) is 6.04 Å². The molecule has 0 aromatic rings. The van der Waals surface area contributed by atoms with E-state index in [0.29, 0.717) is 5.41 Å². The maximum Gasteiger partial charge on any atom is 0.0100 e. The third kappa shape index (κ3) is 3.40. The van der Waals surface area contributed by atoms with Gasteiger partial charge in [-0.1, -0.05) is 53.4 Å². The Bertz CT molecular complexity index is 296. The molecule has 1 N–H and O–H groups in total. The van der Waals surface area contributed by atoms with Crippen LogP contribution in [0, 0.1) is 29.1 Å². The minimum Gasteiger partial charge on any atom is -0.317 e. The SMILES string of the molecule is CCC1CCCC(C(C)(C)C2CCC(C)CC2NC)C1. The standard InChI is InChI=1S/C19H37N/c1-6-15-8-7-9-16(13-15)19(3,4)17-11-10-14(2)12-18(17)20-5/h14-18,20H,6-13H2,1-5H3. The highest BCUT2D eigenvalue weighted by Gasteiger charge is 2.43. The minimum atomic E-state index is 0.516. The monoisotopic (exact) mass is 279 g/mol. The van der Waals surface area contributed by atoms with Gasteiger partial charge in [0.25, 0.3) is 0 Å². The molecular weight excluding hydrogens is 242 g/mol. The van der Waals surface area contributed by atoms with Gasteiger partial charge in [-0.2, -0.15) is 0 Å². The zero-order valence-electron chi connectivity index (χ0n) is 14.5. The van der Waals surface area contributed by atoms with Crippen molar-refractivity contribution in [1.82, 2.24) is 5.32 Å². The summed E-state index contributed by atoms with van der Waals surface area (Å²) in [7, 11) is 2.18. The lowest BCUT2D eigenvalue weighted by molar-refractivity contribution is 0.0162. The molecule has 5 atom stereocenters. The van der Waals surface area contributed by atoms with Crippen LogP contribution in [0.5, 0.6) is 0 Å². The fraction of sp³-hybridized carbons (Fsp3) is 1.00. The Kier molecular flexibility index (Phi) is 5.56. The van der Waals surface area contributed by atoms with E-state index in [1.54, 1.807) is 0 Å². The van der Waals surface area contributed by atoms with Crippen LogP contribution in [0.4, 0.5) is 0 Å². The van der Waals surface area contributed by atoms with E-state index in [0.717, 1.165) is 29.7 Å². The molecule has 2 saturated carbocycles. The van der Waals surface area contributed by atoms with Gasteiger partial charge in [0.05, 0.1) is 0 Å². The predicted molar refractivity (Wildman–Crippen MR) is 88.9 cm³/mol. The minimum absolute atomic E-state index is 0.516. The summed E-state index contributed by atoms with van der Waals surface area (Å²) in [4.78, 5) is 0. The van der Waals surface area contributed by atoms with Crippen molar-refractivity contribution in [3.8, 4) is 0 Å². The normalized spacial score (nSPS) is 39.8. The molecule has 0 aromatic carbocycles. The van der Waals surface area contributed by atoms with E-state index in [1.807, 2.05) is 0 Å². The Morgan fingerprint density at radius 3 is 2.45 bits per heavy atom. The molecule has 0 aliphatic heterocycles. The average Bonchev–Trinajstić information content (AvgIpc) is 2.46. The Hall–Kier alpha value is -0.0400. The van der Waals surface area contributed by atoms with Crippen LogP contribution < -0.4 is 5.32 Å². The van der Waals surface area contributed by atoms with Crippen LogP contribution >= 0.6 is 0 Å². The van der Waals surface area contributed by atoms with E-state index in [-0.39, 0.29) is 0 Å². The number of rotatable bonds is 4. The van der Waals surface area contributed by atoms with Gasteiger partial charge < -0.3 is 5.32 Å². The summed E-state index contributed by atoms with van der Waals surface area (Å²) < 4.78 is 0. The summed E-state index contributed by atoms with van der Waals surface area (Å²) >= 11 is 0. The van der Waals surface area contributed by atoms with Crippen molar-refractivity contribution >= 4 is 0 Å². The molecule has 5 unspecified atom stereocenters. The Labute approximate surface area is 127 Å². The fourth-order valence-corrected chi connectivity index (χ4v) is 5.23. The third-order valence-electron chi connectivity index (χ3n) is 6.85. The van der Waals surface area contributed by atoms with Crippen LogP contribution in [0.25, 0.3) is 0 Å². The molecule has 0 amide bonds. The van der Waals surface area contributed by atoms with E-state index in [9.17, 15) is 0 Å². The first-order valence-corrected chi connectivity index (χ1v) is 9.16. The summed E-state index contributed by atoms with van der Waals surface area (Å²) in [6.45, 7) is 9.99. The van der Waals surface area contributed by atoms with Crippen molar-refractivity contribution in [3.63, 3.8) is 0 Å². The first-order chi connectivity index (χ1) is 9.48. The van der Waals surface area contributed by atoms with Crippen LogP contribution in [-0.2, 0) is 0 Å². The second-order valence-electron chi connectivity index (χ2n) is 8.38. The molecule has 1 nitrogen and oxygen atoms in total. The maximum absolute atomic E-state index is 3.65. The van der Waals surface area contributed by atoms with Gasteiger partial charge in [-0.25, -0.2) is 0 Å². The topological polar surface area (TPSA) is 12.0 Å². The lowest BCUT2D eigenvalue weighted by atomic mass is 9.57. The molecular formula is C19H37N. The van der Waals surface area contributed by atoms with Crippen LogP contribution in [0.2, 0.25) is 0 Å². The molecule has 2 aliphatic rings. The lowest BCUT2D eigenvalue weighted by Crippen LogP contribution is -2.48. The highest BCUT2D eigenvalue weighted by atomic mass is 14.9. The van der Waals surface area contributed by atoms with Crippen LogP contribution in [0.1, 0.15) is 79.1 Å². The number of hydrogen-bond donors (Lipinski definition) is 1. The lowest BCUT2D eigenvalue weighted by Gasteiger charge is -2.50. The van der Waals surface area contributed by atoms with E-state index >= 15 is 0 Å². The first kappa shape index (κ1) is 16.3. The summed E-state index contributed by atoms with van der Waals surface area (Å²) in [6, 6.07) is 0.746. The zero-order chi connectivity index (χ0) is 14.8. The first-order valence-electron chi connectivity index (χ1n) is 9.16. The number of nitrogens with one attached hydrogen (secondary N) is 1. The zero-order valence-corrected chi connectivity index (χ0v) is 14.5. The summed E-state index contributed by atoms with van der Waals surface area (Å²) in [6.07, 6.45) is 11.6. The van der Waals surface area contributed by atoms with Crippen molar-refractivity contribution in [2.24, 2.45) is 29.1 Å². The Balaban J connectivity index is 2.07. The van der Waals surface area contributed by atoms with Crippen LogP contribution in [0.3, 0.4) is 0 Å². The van der Waals surface area contributed by atoms with Gasteiger partial charge in [0.2, 0.25) is 0 Å². The van der Waals surface area contributed by atoms with Crippen molar-refractivity contribution in [2.75, 3.05) is 7.05 Å². The molecule has 0 aromatic heterocycles. The van der Waals surface area contributed by atoms with Gasteiger partial charge in [-0.15, -0.1) is 0 Å². The smallest absolute Gasteiger partial charge is 0.0100 e. The van der Waals surface area contributed by atoms with Crippen molar-refractivity contribution in [1.29, 1.82) is 0 Å². The summed E-state index contributed by atoms with van der Waals surface area (Å²) in [5, 5.41) is 3.65. The Morgan fingerprint density at radius 2 is 1.80 bits per heavy atom. The van der Waals surface area contributed by atoms with E-state index in [1.165, 1.54) is 51.4 Å². The Morgan fingerprint density at radius 1 is 1.05 bits per heavy atom. The summed E-state index contributed by atoms with van der Waals surface area (Å²) in [5.74, 6) is 3.75. The van der Waals surface area contributed by atoms with Gasteiger partial charge >= 0.3 is 0 Å². The average molecular weight is 280 g/mol. The van der Waals surface area contributed by atoms with Crippen LogP contribution in [0.15, 0.2) is 0 Å². The molecule has 20 heavy (non-hydrogen) atoms. The van der Waals surface area contributed by atoms with Gasteiger partial charge in [0.1, 0.15) is 0 Å². The second kappa shape index (κ2) is 6.81. The van der Waals surface area contributed by atoms with E-state index in [4.69, 9.17) is 0 Å². The van der Waals surface area contributed by atoms with Crippen LogP contribution in [-0.4, -0.2) is 13.1 Å². The molecule has 1 heteroatoms. The predicted octanol–water partition coefficient (Wildman–Crippen LogP) is 5.25. The molecule has 2 rings (SSSR count). The maximum atomic E-state index is 3.65. The summed E-state index contributed by atoms with van der Waals surface area (Å²) in [5.41, 5.74) is 0.516. The van der Waals surface area contributed by atoms with E-state index in [2.05, 4.69) is 40.1 Å². The van der Waals surface area contributed by atoms with Crippen molar-refractivity contribution < 1.29 is 0 Å². The quantitative estimate of drug-likeness (QED) is 0.741. The largest absolute Gasteiger partial charge is 0.317 e. The van der Waals surface area contributed by atoms with Crippen molar-refractivity contribution in [3.05, 3.63) is 0 Å². The third-order valence-corrected chi connectivity index (χ3v) is 6.85. The molecule has 118 valence electrons. The fourth-order valence-electron chi connectivity index (χ4n) is 5.23. The molecule has 0 radical (unpaired) electrons. The van der Waals surface area contributed by atoms with Gasteiger partial charge in [-0.05, 0) is 61.8 Å². The molecule has 0 bridgehead atoms. The highest BCUT2D eigenvalue weighted by molar-refractivity contribution is 4.96. The molecule has 2 fully saturated rings. The van der Waals surface area contributed by atoms with Gasteiger partial charge in [-0.3, -0.25) is 0 Å². The molecule has 0 spiro atoms. The van der Waals surface area contributed by atoms with Crippen molar-refractivity contribution in [2.45, 2.75) is 85.1 Å².